The van der Waals surface area contributed by atoms with E-state index in [-0.39, 0.29) is 11.7 Å². The van der Waals surface area contributed by atoms with Gasteiger partial charge in [0.1, 0.15) is 5.75 Å². The number of thioether (sulfide) groups is 1. The molecule has 0 spiro atoms. The standard InChI is InChI=1S/C20H17ClN4O2S2/c1-27-16-8-2-13(3-9-16)10-22-18(26)12-29-20-24-23-19-25(20)17(11-28-19)14-4-6-15(21)7-5-14/h2-9,11H,10,12H2,1H3,(H,22,26). The summed E-state index contributed by atoms with van der Waals surface area (Å²) in [7, 11) is 1.63. The lowest BCUT2D eigenvalue weighted by molar-refractivity contribution is -0.118. The number of hydrogen-bond acceptors (Lipinski definition) is 6. The van der Waals surface area contributed by atoms with Crippen molar-refractivity contribution < 1.29 is 9.53 Å². The largest absolute Gasteiger partial charge is 0.497 e. The highest BCUT2D eigenvalue weighted by atomic mass is 35.5. The van der Waals surface area contributed by atoms with Gasteiger partial charge in [-0.1, -0.05) is 47.6 Å². The Bertz CT molecular complexity index is 1120. The van der Waals surface area contributed by atoms with Gasteiger partial charge in [-0.2, -0.15) is 0 Å². The van der Waals surface area contributed by atoms with Crippen molar-refractivity contribution in [2.45, 2.75) is 11.7 Å². The van der Waals surface area contributed by atoms with E-state index in [2.05, 4.69) is 15.5 Å². The molecule has 1 N–H and O–H groups in total. The second-order valence-corrected chi connectivity index (χ2v) is 8.36. The lowest BCUT2D eigenvalue weighted by atomic mass is 10.2. The normalized spacial score (nSPS) is 11.0. The lowest BCUT2D eigenvalue weighted by Crippen LogP contribution is -2.24. The third-order valence-corrected chi connectivity index (χ3v) is 6.24. The van der Waals surface area contributed by atoms with Gasteiger partial charge >= 0.3 is 0 Å². The molecule has 0 unspecified atom stereocenters. The molecule has 4 rings (SSSR count). The number of amides is 1. The number of aromatic nitrogens is 3. The van der Waals surface area contributed by atoms with Crippen molar-refractivity contribution >= 4 is 45.6 Å². The predicted molar refractivity (Wildman–Crippen MR) is 117 cm³/mol. The van der Waals surface area contributed by atoms with E-state index in [4.69, 9.17) is 16.3 Å². The molecule has 0 radical (unpaired) electrons. The molecule has 2 aromatic carbocycles. The summed E-state index contributed by atoms with van der Waals surface area (Å²) in [6.07, 6.45) is 0. The molecule has 0 bridgehead atoms. The maximum absolute atomic E-state index is 12.3. The minimum atomic E-state index is -0.0640. The summed E-state index contributed by atoms with van der Waals surface area (Å²) in [5, 5.41) is 14.8. The van der Waals surface area contributed by atoms with Crippen LogP contribution in [0.1, 0.15) is 5.56 Å². The lowest BCUT2D eigenvalue weighted by Gasteiger charge is -2.06. The first kappa shape index (κ1) is 19.8. The maximum Gasteiger partial charge on any atom is 0.230 e. The van der Waals surface area contributed by atoms with Crippen LogP contribution >= 0.6 is 34.7 Å². The van der Waals surface area contributed by atoms with Crippen LogP contribution in [-0.4, -0.2) is 33.4 Å². The molecule has 0 atom stereocenters. The molecule has 0 saturated carbocycles. The molecule has 1 amide bonds. The van der Waals surface area contributed by atoms with E-state index in [1.54, 1.807) is 7.11 Å². The summed E-state index contributed by atoms with van der Waals surface area (Å²) < 4.78 is 7.11. The number of halogens is 1. The monoisotopic (exact) mass is 444 g/mol. The maximum atomic E-state index is 12.3. The van der Waals surface area contributed by atoms with E-state index in [9.17, 15) is 4.79 Å². The molecule has 0 aliphatic heterocycles. The Morgan fingerprint density at radius 1 is 1.17 bits per heavy atom. The smallest absolute Gasteiger partial charge is 0.230 e. The van der Waals surface area contributed by atoms with Gasteiger partial charge in [0.15, 0.2) is 5.16 Å². The number of benzene rings is 2. The van der Waals surface area contributed by atoms with Crippen molar-refractivity contribution in [1.82, 2.24) is 19.9 Å². The zero-order valence-electron chi connectivity index (χ0n) is 15.5. The molecule has 6 nitrogen and oxygen atoms in total. The van der Waals surface area contributed by atoms with Gasteiger partial charge in [-0.15, -0.1) is 21.5 Å². The van der Waals surface area contributed by atoms with Crippen LogP contribution in [0, 0.1) is 0 Å². The molecule has 9 heteroatoms. The summed E-state index contributed by atoms with van der Waals surface area (Å²) in [6, 6.07) is 15.2. The molecule has 2 heterocycles. The molecule has 2 aromatic heterocycles. The SMILES string of the molecule is COc1ccc(CNC(=O)CSc2nnc3scc(-c4ccc(Cl)cc4)n23)cc1. The van der Waals surface area contributed by atoms with Gasteiger partial charge in [0.25, 0.3) is 0 Å². The summed E-state index contributed by atoms with van der Waals surface area (Å²) in [6.45, 7) is 0.465. The van der Waals surface area contributed by atoms with Crippen LogP contribution in [0.4, 0.5) is 0 Å². The van der Waals surface area contributed by atoms with E-state index in [0.717, 1.165) is 27.5 Å². The molecular weight excluding hydrogens is 428 g/mol. The van der Waals surface area contributed by atoms with Crippen LogP contribution in [0.2, 0.25) is 5.02 Å². The Morgan fingerprint density at radius 2 is 1.93 bits per heavy atom. The summed E-state index contributed by atoms with van der Waals surface area (Å²) in [5.41, 5.74) is 3.01. The highest BCUT2D eigenvalue weighted by Gasteiger charge is 2.15. The average Bonchev–Trinajstić information content (AvgIpc) is 3.34. The average molecular weight is 445 g/mol. The first-order valence-corrected chi connectivity index (χ1v) is 11.0. The van der Waals surface area contributed by atoms with E-state index >= 15 is 0 Å². The number of nitrogens with one attached hydrogen (secondary N) is 1. The van der Waals surface area contributed by atoms with Gasteiger partial charge in [-0.25, -0.2) is 0 Å². The van der Waals surface area contributed by atoms with Crippen molar-refractivity contribution in [2.75, 3.05) is 12.9 Å². The minimum absolute atomic E-state index is 0.0640. The zero-order chi connectivity index (χ0) is 20.2. The second-order valence-electron chi connectivity index (χ2n) is 6.14. The fourth-order valence-electron chi connectivity index (χ4n) is 2.74. The van der Waals surface area contributed by atoms with Gasteiger partial charge in [0.05, 0.1) is 18.6 Å². The van der Waals surface area contributed by atoms with E-state index in [0.29, 0.717) is 16.7 Å². The fourth-order valence-corrected chi connectivity index (χ4v) is 4.53. The highest BCUT2D eigenvalue weighted by Crippen LogP contribution is 2.30. The molecule has 4 aromatic rings. The predicted octanol–water partition coefficient (Wildman–Crippen LogP) is 4.53. The number of nitrogens with zero attached hydrogens (tertiary/aromatic N) is 3. The molecule has 0 aliphatic carbocycles. The zero-order valence-corrected chi connectivity index (χ0v) is 17.9. The number of ether oxygens (including phenoxy) is 1. The van der Waals surface area contributed by atoms with Gasteiger partial charge < -0.3 is 10.1 Å². The molecule has 0 saturated heterocycles. The Hall–Kier alpha value is -2.55. The van der Waals surface area contributed by atoms with Gasteiger partial charge in [-0.05, 0) is 35.4 Å². The van der Waals surface area contributed by atoms with Gasteiger partial charge in [0.2, 0.25) is 10.9 Å². The minimum Gasteiger partial charge on any atom is -0.497 e. The number of methoxy groups -OCH3 is 1. The highest BCUT2D eigenvalue weighted by molar-refractivity contribution is 7.99. The Balaban J connectivity index is 1.41. The van der Waals surface area contributed by atoms with Crippen LogP contribution < -0.4 is 10.1 Å². The molecule has 29 heavy (non-hydrogen) atoms. The van der Waals surface area contributed by atoms with Crippen LogP contribution in [0.3, 0.4) is 0 Å². The van der Waals surface area contributed by atoms with Crippen molar-refractivity contribution in [3.8, 4) is 17.0 Å². The third-order valence-electron chi connectivity index (χ3n) is 4.24. The van der Waals surface area contributed by atoms with Crippen molar-refractivity contribution in [1.29, 1.82) is 0 Å². The van der Waals surface area contributed by atoms with Crippen molar-refractivity contribution in [3.05, 3.63) is 64.5 Å². The van der Waals surface area contributed by atoms with E-state index in [1.165, 1.54) is 23.1 Å². The van der Waals surface area contributed by atoms with Crippen molar-refractivity contribution in [3.63, 3.8) is 0 Å². The number of fused-ring (bicyclic) bond motifs is 1. The Labute approximate surface area is 180 Å². The number of carbonyl (C=O) groups excluding carboxylic acids is 1. The van der Waals surface area contributed by atoms with Crippen molar-refractivity contribution in [2.24, 2.45) is 0 Å². The van der Waals surface area contributed by atoms with Crippen LogP contribution in [0.5, 0.6) is 5.75 Å². The number of hydrogen-bond donors (Lipinski definition) is 1. The number of thiazole rings is 1. The topological polar surface area (TPSA) is 68.5 Å². The number of rotatable bonds is 7. The molecule has 0 fully saturated rings. The van der Waals surface area contributed by atoms with Crippen LogP contribution in [0.25, 0.3) is 16.2 Å². The fraction of sp³-hybridized carbons (Fsp3) is 0.150. The van der Waals surface area contributed by atoms with Crippen LogP contribution in [0.15, 0.2) is 59.1 Å². The van der Waals surface area contributed by atoms with Gasteiger partial charge in [-0.3, -0.25) is 9.20 Å². The first-order valence-electron chi connectivity index (χ1n) is 8.75. The summed E-state index contributed by atoms with van der Waals surface area (Å²) in [4.78, 5) is 13.1. The molecule has 0 aliphatic rings. The van der Waals surface area contributed by atoms with E-state index < -0.39 is 0 Å². The van der Waals surface area contributed by atoms with Crippen LogP contribution in [-0.2, 0) is 11.3 Å². The molecule has 148 valence electrons. The summed E-state index contributed by atoms with van der Waals surface area (Å²) in [5.74, 6) is 0.983. The Morgan fingerprint density at radius 3 is 2.66 bits per heavy atom. The Kier molecular flexibility index (Phi) is 6.03. The number of carbonyl (C=O) groups is 1. The molecular formula is C20H17ClN4O2S2. The second kappa shape index (κ2) is 8.86. The van der Waals surface area contributed by atoms with Gasteiger partial charge in [0, 0.05) is 16.9 Å². The summed E-state index contributed by atoms with van der Waals surface area (Å²) >= 11 is 8.86. The quantitative estimate of drug-likeness (QED) is 0.424. The third kappa shape index (κ3) is 4.55. The van der Waals surface area contributed by atoms with E-state index in [1.807, 2.05) is 58.3 Å². The first-order chi connectivity index (χ1) is 14.1.